The Labute approximate surface area is 214 Å². The summed E-state index contributed by atoms with van der Waals surface area (Å²) in [6, 6.07) is 21.0. The Kier molecular flexibility index (Phi) is 7.65. The second kappa shape index (κ2) is 11.2. The Morgan fingerprint density at radius 2 is 1.59 bits per heavy atom. The number of ether oxygens (including phenoxy) is 3. The van der Waals surface area contributed by atoms with Gasteiger partial charge >= 0.3 is 5.97 Å². The van der Waals surface area contributed by atoms with Gasteiger partial charge in [0.05, 0.1) is 37.0 Å². The van der Waals surface area contributed by atoms with E-state index in [0.29, 0.717) is 33.8 Å². The predicted molar refractivity (Wildman–Crippen MR) is 136 cm³/mol. The molecule has 1 heterocycles. The Hall–Kier alpha value is -4.90. The molecular weight excluding hydrogens is 472 g/mol. The van der Waals surface area contributed by atoms with Gasteiger partial charge in [0, 0.05) is 13.0 Å². The number of imide groups is 1. The molecule has 0 bridgehead atoms. The Morgan fingerprint density at radius 3 is 2.19 bits per heavy atom. The normalized spacial score (nSPS) is 12.7. The summed E-state index contributed by atoms with van der Waals surface area (Å²) in [7, 11) is 3.03. The van der Waals surface area contributed by atoms with Crippen LogP contribution in [-0.4, -0.2) is 43.4 Å². The fraction of sp³-hybridized carbons (Fsp3) is 0.172. The largest absolute Gasteiger partial charge is 0.497 e. The molecule has 3 aromatic carbocycles. The molecule has 0 unspecified atom stereocenters. The average Bonchev–Trinajstić information content (AvgIpc) is 3.17. The summed E-state index contributed by atoms with van der Waals surface area (Å²) in [6.07, 6.45) is 1.98. The number of hydrogen-bond acceptors (Lipinski definition) is 7. The topological polar surface area (TPSA) is 106 Å². The van der Waals surface area contributed by atoms with Crippen molar-refractivity contribution in [1.82, 2.24) is 4.90 Å². The highest BCUT2D eigenvalue weighted by atomic mass is 16.6. The standard InChI is InChI=1S/C29H24N2O6/c1-35-22-12-10-20(11-13-22)21(18-30)16-19-9-14-25(26(17-19)36-2)37-27(32)8-5-15-31-28(33)23-6-3-4-7-24(23)29(31)34/h3-4,6-7,9-14,16-17H,5,8,15H2,1-2H3/b21-16-. The quantitative estimate of drug-likeness (QED) is 0.138. The van der Waals surface area contributed by atoms with Crippen LogP contribution in [0.5, 0.6) is 17.2 Å². The molecule has 186 valence electrons. The van der Waals surface area contributed by atoms with Crippen LogP contribution in [0.4, 0.5) is 0 Å². The van der Waals surface area contributed by atoms with Gasteiger partial charge < -0.3 is 14.2 Å². The van der Waals surface area contributed by atoms with E-state index in [4.69, 9.17) is 14.2 Å². The molecule has 1 aliphatic rings. The molecular formula is C29H24N2O6. The molecule has 0 N–H and O–H groups in total. The first kappa shape index (κ1) is 25.2. The third-order valence-corrected chi connectivity index (χ3v) is 5.88. The monoisotopic (exact) mass is 496 g/mol. The van der Waals surface area contributed by atoms with Crippen LogP contribution < -0.4 is 14.2 Å². The molecule has 0 spiro atoms. The van der Waals surface area contributed by atoms with E-state index in [-0.39, 0.29) is 37.0 Å². The summed E-state index contributed by atoms with van der Waals surface area (Å²) >= 11 is 0. The summed E-state index contributed by atoms with van der Waals surface area (Å²) in [5.41, 5.74) is 2.62. The minimum Gasteiger partial charge on any atom is -0.497 e. The van der Waals surface area contributed by atoms with Crippen LogP contribution in [0.2, 0.25) is 0 Å². The fourth-order valence-electron chi connectivity index (χ4n) is 3.97. The summed E-state index contributed by atoms with van der Waals surface area (Å²) in [5.74, 6) is 0.0193. The maximum absolute atomic E-state index is 12.5. The Bertz CT molecular complexity index is 1380. The fourth-order valence-corrected chi connectivity index (χ4v) is 3.97. The number of nitriles is 1. The van der Waals surface area contributed by atoms with Gasteiger partial charge in [-0.05, 0) is 72.2 Å². The number of methoxy groups -OCH3 is 2. The molecule has 4 rings (SSSR count). The molecule has 0 saturated heterocycles. The van der Waals surface area contributed by atoms with Crippen LogP contribution in [-0.2, 0) is 4.79 Å². The number of allylic oxidation sites excluding steroid dienone is 1. The van der Waals surface area contributed by atoms with Gasteiger partial charge in [-0.25, -0.2) is 0 Å². The number of carbonyl (C=O) groups is 3. The number of esters is 1. The van der Waals surface area contributed by atoms with E-state index in [1.165, 1.54) is 7.11 Å². The average molecular weight is 497 g/mol. The number of benzene rings is 3. The summed E-state index contributed by atoms with van der Waals surface area (Å²) in [6.45, 7) is 0.116. The van der Waals surface area contributed by atoms with Crippen molar-refractivity contribution in [3.05, 3.63) is 89.0 Å². The van der Waals surface area contributed by atoms with Crippen molar-refractivity contribution < 1.29 is 28.6 Å². The first-order valence-electron chi connectivity index (χ1n) is 11.6. The Morgan fingerprint density at radius 1 is 0.919 bits per heavy atom. The van der Waals surface area contributed by atoms with Crippen molar-refractivity contribution in [3.8, 4) is 23.3 Å². The van der Waals surface area contributed by atoms with Crippen LogP contribution >= 0.6 is 0 Å². The van der Waals surface area contributed by atoms with E-state index in [1.54, 1.807) is 79.9 Å². The van der Waals surface area contributed by atoms with Crippen LogP contribution in [0, 0.1) is 11.3 Å². The van der Waals surface area contributed by atoms with Crippen molar-refractivity contribution in [3.63, 3.8) is 0 Å². The van der Waals surface area contributed by atoms with Crippen LogP contribution in [0.3, 0.4) is 0 Å². The minimum absolute atomic E-state index is 0.00820. The molecule has 37 heavy (non-hydrogen) atoms. The highest BCUT2D eigenvalue weighted by molar-refractivity contribution is 6.21. The molecule has 8 heteroatoms. The van der Waals surface area contributed by atoms with Gasteiger partial charge in [0.1, 0.15) is 5.75 Å². The highest BCUT2D eigenvalue weighted by Gasteiger charge is 2.34. The van der Waals surface area contributed by atoms with Crippen LogP contribution in [0.1, 0.15) is 44.7 Å². The Balaban J connectivity index is 1.38. The second-order valence-corrected chi connectivity index (χ2v) is 8.19. The van der Waals surface area contributed by atoms with E-state index in [9.17, 15) is 19.6 Å². The third kappa shape index (κ3) is 5.52. The lowest BCUT2D eigenvalue weighted by Gasteiger charge is -2.14. The van der Waals surface area contributed by atoms with Gasteiger partial charge in [-0.3, -0.25) is 19.3 Å². The summed E-state index contributed by atoms with van der Waals surface area (Å²) < 4.78 is 16.0. The second-order valence-electron chi connectivity index (χ2n) is 8.19. The van der Waals surface area contributed by atoms with Crippen molar-refractivity contribution >= 4 is 29.4 Å². The lowest BCUT2D eigenvalue weighted by Crippen LogP contribution is -2.31. The van der Waals surface area contributed by atoms with Gasteiger partial charge in [0.2, 0.25) is 0 Å². The first-order valence-corrected chi connectivity index (χ1v) is 11.6. The van der Waals surface area contributed by atoms with Gasteiger partial charge in [-0.2, -0.15) is 5.26 Å². The molecule has 0 aliphatic carbocycles. The number of hydrogen-bond donors (Lipinski definition) is 0. The lowest BCUT2D eigenvalue weighted by molar-refractivity contribution is -0.134. The lowest BCUT2D eigenvalue weighted by atomic mass is 10.0. The van der Waals surface area contributed by atoms with E-state index in [1.807, 2.05) is 0 Å². The van der Waals surface area contributed by atoms with Crippen molar-refractivity contribution in [2.24, 2.45) is 0 Å². The van der Waals surface area contributed by atoms with Gasteiger partial charge in [-0.15, -0.1) is 0 Å². The molecule has 1 aliphatic heterocycles. The third-order valence-electron chi connectivity index (χ3n) is 5.88. The molecule has 0 radical (unpaired) electrons. The first-order chi connectivity index (χ1) is 17.9. The zero-order valence-corrected chi connectivity index (χ0v) is 20.4. The number of carbonyl (C=O) groups excluding carboxylic acids is 3. The zero-order valence-electron chi connectivity index (χ0n) is 20.4. The van der Waals surface area contributed by atoms with E-state index >= 15 is 0 Å². The van der Waals surface area contributed by atoms with E-state index in [0.717, 1.165) is 10.5 Å². The van der Waals surface area contributed by atoms with Crippen LogP contribution in [0.15, 0.2) is 66.7 Å². The maximum Gasteiger partial charge on any atom is 0.311 e. The minimum atomic E-state index is -0.519. The highest BCUT2D eigenvalue weighted by Crippen LogP contribution is 2.31. The maximum atomic E-state index is 12.5. The van der Waals surface area contributed by atoms with E-state index < -0.39 is 5.97 Å². The van der Waals surface area contributed by atoms with Gasteiger partial charge in [0.15, 0.2) is 11.5 Å². The molecule has 8 nitrogen and oxygen atoms in total. The number of fused-ring (bicyclic) bond motifs is 1. The van der Waals surface area contributed by atoms with E-state index in [2.05, 4.69) is 6.07 Å². The number of nitrogens with zero attached hydrogens (tertiary/aromatic N) is 2. The molecule has 0 saturated carbocycles. The molecule has 0 atom stereocenters. The summed E-state index contributed by atoms with van der Waals surface area (Å²) in [5, 5.41) is 9.62. The predicted octanol–water partition coefficient (Wildman–Crippen LogP) is 4.75. The van der Waals surface area contributed by atoms with Crippen LogP contribution in [0.25, 0.3) is 11.6 Å². The number of rotatable bonds is 9. The molecule has 0 aromatic heterocycles. The van der Waals surface area contributed by atoms with Crippen molar-refractivity contribution in [2.75, 3.05) is 20.8 Å². The number of amides is 2. The van der Waals surface area contributed by atoms with Gasteiger partial charge in [0.25, 0.3) is 11.8 Å². The molecule has 0 fully saturated rings. The zero-order chi connectivity index (χ0) is 26.4. The summed E-state index contributed by atoms with van der Waals surface area (Å²) in [4.78, 5) is 38.5. The molecule has 2 amide bonds. The SMILES string of the molecule is COc1ccc(/C(C#N)=C\c2ccc(OC(=O)CCCN3C(=O)c4ccccc4C3=O)c(OC)c2)cc1. The van der Waals surface area contributed by atoms with Crippen molar-refractivity contribution in [2.45, 2.75) is 12.8 Å². The molecule has 3 aromatic rings. The smallest absolute Gasteiger partial charge is 0.311 e. The van der Waals surface area contributed by atoms with Crippen molar-refractivity contribution in [1.29, 1.82) is 5.26 Å². The van der Waals surface area contributed by atoms with Gasteiger partial charge in [-0.1, -0.05) is 18.2 Å².